The predicted octanol–water partition coefficient (Wildman–Crippen LogP) is 15.8. The normalized spacial score (nSPS) is 13.4. The van der Waals surface area contributed by atoms with Crippen molar-refractivity contribution in [1.82, 2.24) is 4.57 Å². The van der Waals surface area contributed by atoms with Crippen LogP contribution in [0.1, 0.15) is 9.60 Å². The molecule has 0 fully saturated rings. The second kappa shape index (κ2) is 13.4. The fraction of sp³-hybridized carbons (Fsp3) is 0. The maximum Gasteiger partial charge on any atom is 0.143 e. The van der Waals surface area contributed by atoms with E-state index in [4.69, 9.17) is 11.3 Å². The van der Waals surface area contributed by atoms with E-state index in [-0.39, 0.29) is 28.5 Å². The minimum atomic E-state index is -0.503. The minimum absolute atomic E-state index is 0.00656. The zero-order valence-corrected chi connectivity index (χ0v) is 31.5. The molecule has 12 aromatic rings. The molecule has 3 heteroatoms. The van der Waals surface area contributed by atoms with Gasteiger partial charge in [-0.3, -0.25) is 0 Å². The number of para-hydroxylation sites is 3. The standard InChI is InChI=1S/C56H36N2O/c1-3-18-44-38(13-1)15-12-26-52(44)57(51-23-8-5-19-45(51)41-30-34-55-50(36-41)49-33-29-39-14-2-4-20-46(39)56(49)59-55)42-31-27-37(28-32-42)40-16-11-17-43(35-40)58-53-24-9-6-21-47(53)48-22-7-10-25-54(48)58/h1-36H/i1D,3D,12D,13D,15D,18D,26D. The number of aromatic nitrogens is 1. The van der Waals surface area contributed by atoms with Gasteiger partial charge in [0.15, 0.2) is 0 Å². The molecule has 0 amide bonds. The Kier molecular flexibility index (Phi) is 6.09. The molecule has 0 aliphatic carbocycles. The van der Waals surface area contributed by atoms with Crippen LogP contribution in [-0.2, 0) is 0 Å². The minimum Gasteiger partial charge on any atom is -0.455 e. The Balaban J connectivity index is 1.06. The Morgan fingerprint density at radius 2 is 1.14 bits per heavy atom. The molecule has 2 aromatic heterocycles. The SMILES string of the molecule is [2H]c1c([2H])c([2H])c2c(N(c3ccc(-c4cccc(-n5c6ccccc6c6ccccc65)c4)cc3)c3ccccc3-c3ccc4oc5c6ccccc6ccc5c4c3)c([2H])c([2H])c([2H])c2c1[2H]. The van der Waals surface area contributed by atoms with Gasteiger partial charge in [-0.1, -0.05) is 152 Å². The van der Waals surface area contributed by atoms with Crippen molar-refractivity contribution < 1.29 is 14.0 Å². The summed E-state index contributed by atoms with van der Waals surface area (Å²) in [5, 5.41) is 6.23. The zero-order chi connectivity index (χ0) is 45.0. The third kappa shape index (κ3) is 5.36. The van der Waals surface area contributed by atoms with E-state index in [0.717, 1.165) is 71.7 Å². The Morgan fingerprint density at radius 3 is 1.98 bits per heavy atom. The quantitative estimate of drug-likeness (QED) is 0.168. The molecular formula is C56H36N2O. The molecule has 59 heavy (non-hydrogen) atoms. The summed E-state index contributed by atoms with van der Waals surface area (Å²) in [5.41, 5.74) is 9.56. The number of hydrogen-bond donors (Lipinski definition) is 0. The Morgan fingerprint density at radius 1 is 0.424 bits per heavy atom. The van der Waals surface area contributed by atoms with Crippen LogP contribution in [0.25, 0.3) is 93.2 Å². The highest BCUT2D eigenvalue weighted by Crippen LogP contribution is 2.45. The lowest BCUT2D eigenvalue weighted by atomic mass is 9.98. The van der Waals surface area contributed by atoms with Crippen LogP contribution in [0.3, 0.4) is 0 Å². The summed E-state index contributed by atoms with van der Waals surface area (Å²) in [5.74, 6) is 0. The molecule has 0 radical (unpaired) electrons. The molecule has 0 aliphatic rings. The number of rotatable bonds is 6. The second-order valence-corrected chi connectivity index (χ2v) is 14.8. The average Bonchev–Trinajstić information content (AvgIpc) is 3.91. The molecule has 0 saturated carbocycles. The number of anilines is 3. The fourth-order valence-corrected chi connectivity index (χ4v) is 8.77. The third-order valence-electron chi connectivity index (χ3n) is 11.5. The van der Waals surface area contributed by atoms with E-state index in [2.05, 4.69) is 108 Å². The van der Waals surface area contributed by atoms with Crippen LogP contribution in [0.5, 0.6) is 0 Å². The molecule has 0 unspecified atom stereocenters. The van der Waals surface area contributed by atoms with Crippen molar-refractivity contribution >= 4 is 82.4 Å². The largest absolute Gasteiger partial charge is 0.455 e. The van der Waals surface area contributed by atoms with Gasteiger partial charge in [-0.25, -0.2) is 0 Å². The predicted molar refractivity (Wildman–Crippen MR) is 249 cm³/mol. The van der Waals surface area contributed by atoms with Crippen LogP contribution < -0.4 is 4.90 Å². The highest BCUT2D eigenvalue weighted by Gasteiger charge is 2.21. The van der Waals surface area contributed by atoms with E-state index >= 15 is 0 Å². The second-order valence-electron chi connectivity index (χ2n) is 14.8. The van der Waals surface area contributed by atoms with Gasteiger partial charge in [-0.15, -0.1) is 0 Å². The van der Waals surface area contributed by atoms with Crippen molar-refractivity contribution in [3.8, 4) is 27.9 Å². The van der Waals surface area contributed by atoms with E-state index in [1.165, 1.54) is 10.8 Å². The van der Waals surface area contributed by atoms with E-state index in [0.29, 0.717) is 11.4 Å². The lowest BCUT2D eigenvalue weighted by molar-refractivity contribution is 0.672. The molecule has 0 atom stereocenters. The summed E-state index contributed by atoms with van der Waals surface area (Å²) in [6, 6.07) is 56.2. The number of nitrogens with zero attached hydrogens (tertiary/aromatic N) is 2. The van der Waals surface area contributed by atoms with Crippen molar-refractivity contribution in [2.75, 3.05) is 4.90 Å². The van der Waals surface area contributed by atoms with E-state index in [9.17, 15) is 2.74 Å². The molecule has 0 spiro atoms. The van der Waals surface area contributed by atoms with Gasteiger partial charge in [0.25, 0.3) is 0 Å². The van der Waals surface area contributed by atoms with Gasteiger partial charge in [0.2, 0.25) is 0 Å². The monoisotopic (exact) mass is 759 g/mol. The molecule has 3 nitrogen and oxygen atoms in total. The van der Waals surface area contributed by atoms with Crippen LogP contribution in [-0.4, -0.2) is 4.57 Å². The maximum absolute atomic E-state index is 9.52. The van der Waals surface area contributed by atoms with Gasteiger partial charge >= 0.3 is 0 Å². The number of hydrogen-bond acceptors (Lipinski definition) is 2. The molecule has 0 saturated heterocycles. The van der Waals surface area contributed by atoms with Crippen molar-refractivity contribution in [1.29, 1.82) is 0 Å². The first kappa shape index (κ1) is 26.9. The molecule has 0 aliphatic heterocycles. The molecule has 0 bridgehead atoms. The topological polar surface area (TPSA) is 21.3 Å². The number of fused-ring (bicyclic) bond motifs is 9. The maximum atomic E-state index is 9.52. The average molecular weight is 760 g/mol. The summed E-state index contributed by atoms with van der Waals surface area (Å²) in [7, 11) is 0. The van der Waals surface area contributed by atoms with Crippen LogP contribution in [0, 0.1) is 0 Å². The van der Waals surface area contributed by atoms with Crippen molar-refractivity contribution in [3.05, 3.63) is 218 Å². The van der Waals surface area contributed by atoms with Crippen molar-refractivity contribution in [2.24, 2.45) is 0 Å². The molecule has 12 rings (SSSR count). The van der Waals surface area contributed by atoms with E-state index < -0.39 is 30.2 Å². The molecular weight excluding hydrogens is 717 g/mol. The van der Waals surface area contributed by atoms with Crippen LogP contribution in [0.15, 0.2) is 223 Å². The fourth-order valence-electron chi connectivity index (χ4n) is 8.77. The van der Waals surface area contributed by atoms with Gasteiger partial charge in [0.1, 0.15) is 11.2 Å². The lowest BCUT2D eigenvalue weighted by Gasteiger charge is -2.29. The molecule has 2 heterocycles. The van der Waals surface area contributed by atoms with Crippen molar-refractivity contribution in [3.63, 3.8) is 0 Å². The first-order valence-electron chi connectivity index (χ1n) is 23.1. The van der Waals surface area contributed by atoms with Gasteiger partial charge in [0, 0.05) is 49.3 Å². The molecule has 0 N–H and O–H groups in total. The first-order valence-corrected chi connectivity index (χ1v) is 19.6. The Bertz CT molecular complexity index is 3930. The first-order chi connectivity index (χ1) is 32.2. The Labute approximate surface area is 351 Å². The molecule has 276 valence electrons. The van der Waals surface area contributed by atoms with Crippen molar-refractivity contribution in [2.45, 2.75) is 0 Å². The van der Waals surface area contributed by atoms with Crippen LogP contribution in [0.2, 0.25) is 0 Å². The van der Waals surface area contributed by atoms with Gasteiger partial charge < -0.3 is 13.9 Å². The van der Waals surface area contributed by atoms with Gasteiger partial charge in [-0.05, 0) is 94.2 Å². The zero-order valence-electron chi connectivity index (χ0n) is 38.5. The summed E-state index contributed by atoms with van der Waals surface area (Å²) >= 11 is 0. The summed E-state index contributed by atoms with van der Waals surface area (Å²) in [6.45, 7) is 0. The molecule has 10 aromatic carbocycles. The number of furan rings is 1. The highest BCUT2D eigenvalue weighted by atomic mass is 16.3. The van der Waals surface area contributed by atoms with Gasteiger partial charge in [0.05, 0.1) is 32.0 Å². The highest BCUT2D eigenvalue weighted by molar-refractivity contribution is 6.16. The van der Waals surface area contributed by atoms with E-state index in [1.54, 1.807) is 0 Å². The smallest absolute Gasteiger partial charge is 0.143 e. The number of benzene rings is 10. The van der Waals surface area contributed by atoms with Gasteiger partial charge in [-0.2, -0.15) is 0 Å². The van der Waals surface area contributed by atoms with E-state index in [1.807, 2.05) is 77.7 Å². The third-order valence-corrected chi connectivity index (χ3v) is 11.5. The summed E-state index contributed by atoms with van der Waals surface area (Å²) < 4.78 is 71.7. The summed E-state index contributed by atoms with van der Waals surface area (Å²) in [4.78, 5) is 1.81. The summed E-state index contributed by atoms with van der Waals surface area (Å²) in [6.07, 6.45) is 0. The van der Waals surface area contributed by atoms with Crippen LogP contribution >= 0.6 is 0 Å². The lowest BCUT2D eigenvalue weighted by Crippen LogP contribution is -2.11. The van der Waals surface area contributed by atoms with Crippen LogP contribution in [0.4, 0.5) is 17.1 Å². The Hall–Kier alpha value is -7.88.